The maximum absolute atomic E-state index is 13.3. The van der Waals surface area contributed by atoms with Crippen LogP contribution in [0.3, 0.4) is 0 Å². The quantitative estimate of drug-likeness (QED) is 0.497. The lowest BCUT2D eigenvalue weighted by atomic mass is 10.1. The highest BCUT2D eigenvalue weighted by atomic mass is 35.5. The Labute approximate surface area is 178 Å². The molecule has 6 nitrogen and oxygen atoms in total. The first-order valence-electron chi connectivity index (χ1n) is 9.32. The van der Waals surface area contributed by atoms with Crippen LogP contribution in [0, 0.1) is 0 Å². The normalized spacial score (nSPS) is 10.8. The molecule has 1 aromatic heterocycles. The summed E-state index contributed by atoms with van der Waals surface area (Å²) < 4.78 is 12.2. The second-order valence-corrected chi connectivity index (χ2v) is 7.09. The number of fused-ring (bicyclic) bond motifs is 1. The van der Waals surface area contributed by atoms with Crippen LogP contribution in [-0.2, 0) is 6.54 Å². The van der Waals surface area contributed by atoms with E-state index in [-0.39, 0.29) is 5.56 Å². The smallest absolute Gasteiger partial charge is 0.280 e. The molecule has 0 aliphatic rings. The largest absolute Gasteiger partial charge is 0.497 e. The fourth-order valence-corrected chi connectivity index (χ4v) is 3.31. The van der Waals surface area contributed by atoms with E-state index in [1.807, 2.05) is 54.6 Å². The molecule has 0 aliphatic heterocycles. The Bertz CT molecular complexity index is 1230. The molecule has 0 atom stereocenters. The van der Waals surface area contributed by atoms with Crippen LogP contribution in [0.25, 0.3) is 22.3 Å². The lowest BCUT2D eigenvalue weighted by molar-refractivity contribution is 0.394. The summed E-state index contributed by atoms with van der Waals surface area (Å²) in [6.45, 7) is 0.422. The number of aromatic nitrogens is 2. The van der Waals surface area contributed by atoms with Gasteiger partial charge in [0.1, 0.15) is 11.5 Å². The van der Waals surface area contributed by atoms with Crippen LogP contribution >= 0.6 is 11.6 Å². The highest BCUT2D eigenvalue weighted by Gasteiger charge is 2.15. The average Bonchev–Trinajstić information content (AvgIpc) is 2.79. The molecular formula is C23H20ClN3O3. The van der Waals surface area contributed by atoms with Crippen LogP contribution in [0.4, 0.5) is 0 Å². The number of hydrogen-bond donors (Lipinski definition) is 1. The van der Waals surface area contributed by atoms with E-state index in [4.69, 9.17) is 26.1 Å². The van der Waals surface area contributed by atoms with Gasteiger partial charge >= 0.3 is 0 Å². The first kappa shape index (κ1) is 19.8. The molecule has 4 aromatic rings. The zero-order valence-electron chi connectivity index (χ0n) is 16.6. The molecule has 0 amide bonds. The standard InChI is InChI=1S/C23H20ClN3O3/c1-29-18-11-16(12-19(13-18)30-2)22-26-21-6-4-3-5-20(21)23(28)27(22)25-14-15-7-9-17(24)10-8-15/h3-13,25H,14H2,1-2H3. The van der Waals surface area contributed by atoms with Crippen molar-refractivity contribution in [2.45, 2.75) is 6.54 Å². The summed E-state index contributed by atoms with van der Waals surface area (Å²) in [4.78, 5) is 18.0. The van der Waals surface area contributed by atoms with Gasteiger partial charge in [0, 0.05) is 16.7 Å². The van der Waals surface area contributed by atoms with Crippen molar-refractivity contribution < 1.29 is 9.47 Å². The summed E-state index contributed by atoms with van der Waals surface area (Å²) in [5.74, 6) is 1.68. The number of benzene rings is 3. The Kier molecular flexibility index (Phi) is 5.59. The van der Waals surface area contributed by atoms with Crippen LogP contribution in [0.15, 0.2) is 71.5 Å². The monoisotopic (exact) mass is 421 g/mol. The van der Waals surface area contributed by atoms with Crippen molar-refractivity contribution in [3.05, 3.63) is 87.7 Å². The van der Waals surface area contributed by atoms with Gasteiger partial charge in [-0.2, -0.15) is 0 Å². The van der Waals surface area contributed by atoms with Crippen molar-refractivity contribution in [3.8, 4) is 22.9 Å². The van der Waals surface area contributed by atoms with Crippen molar-refractivity contribution in [2.24, 2.45) is 0 Å². The summed E-state index contributed by atoms with van der Waals surface area (Å²) in [7, 11) is 3.16. The molecule has 0 bridgehead atoms. The third-order valence-corrected chi connectivity index (χ3v) is 4.99. The lowest BCUT2D eigenvalue weighted by Gasteiger charge is -2.17. The van der Waals surface area contributed by atoms with Gasteiger partial charge < -0.3 is 14.9 Å². The van der Waals surface area contributed by atoms with Crippen LogP contribution in [-0.4, -0.2) is 23.9 Å². The third kappa shape index (κ3) is 3.95. The van der Waals surface area contributed by atoms with Gasteiger partial charge in [-0.05, 0) is 42.0 Å². The molecule has 0 unspecified atom stereocenters. The first-order valence-corrected chi connectivity index (χ1v) is 9.70. The van der Waals surface area contributed by atoms with Crippen LogP contribution < -0.4 is 20.5 Å². The fourth-order valence-electron chi connectivity index (χ4n) is 3.18. The predicted octanol–water partition coefficient (Wildman–Crippen LogP) is 4.48. The van der Waals surface area contributed by atoms with Crippen molar-refractivity contribution in [1.82, 2.24) is 9.66 Å². The number of rotatable bonds is 6. The molecule has 3 aromatic carbocycles. The molecule has 0 saturated heterocycles. The molecule has 0 aliphatic carbocycles. The molecule has 7 heteroatoms. The van der Waals surface area contributed by atoms with E-state index in [0.717, 1.165) is 5.56 Å². The van der Waals surface area contributed by atoms with Crippen LogP contribution in [0.5, 0.6) is 11.5 Å². The summed E-state index contributed by atoms with van der Waals surface area (Å²) in [6.07, 6.45) is 0. The minimum absolute atomic E-state index is 0.189. The van der Waals surface area contributed by atoms with Gasteiger partial charge in [0.15, 0.2) is 5.82 Å². The Morgan fingerprint density at radius 2 is 1.63 bits per heavy atom. The maximum Gasteiger partial charge on any atom is 0.280 e. The molecule has 1 heterocycles. The topological polar surface area (TPSA) is 65.4 Å². The van der Waals surface area contributed by atoms with E-state index in [9.17, 15) is 4.79 Å². The van der Waals surface area contributed by atoms with E-state index >= 15 is 0 Å². The molecule has 4 rings (SSSR count). The second kappa shape index (κ2) is 8.47. The molecule has 0 spiro atoms. The number of hydrogen-bond acceptors (Lipinski definition) is 5. The molecule has 0 saturated carbocycles. The van der Waals surface area contributed by atoms with Crippen LogP contribution in [0.1, 0.15) is 5.56 Å². The van der Waals surface area contributed by atoms with Gasteiger partial charge in [-0.15, -0.1) is 0 Å². The number of methoxy groups -OCH3 is 2. The van der Waals surface area contributed by atoms with Gasteiger partial charge in [0.05, 0.1) is 31.7 Å². The molecule has 152 valence electrons. The van der Waals surface area contributed by atoms with E-state index in [1.54, 1.807) is 26.4 Å². The molecule has 0 radical (unpaired) electrons. The number of ether oxygens (including phenoxy) is 2. The number of nitrogens with one attached hydrogen (secondary N) is 1. The Morgan fingerprint density at radius 3 is 2.30 bits per heavy atom. The predicted molar refractivity (Wildman–Crippen MR) is 119 cm³/mol. The van der Waals surface area contributed by atoms with Gasteiger partial charge in [0.2, 0.25) is 0 Å². The van der Waals surface area contributed by atoms with E-state index in [2.05, 4.69) is 5.43 Å². The van der Waals surface area contributed by atoms with Gasteiger partial charge in [-0.3, -0.25) is 4.79 Å². The Morgan fingerprint density at radius 1 is 0.967 bits per heavy atom. The van der Waals surface area contributed by atoms with Crippen molar-refractivity contribution >= 4 is 22.5 Å². The number of nitrogens with zero attached hydrogens (tertiary/aromatic N) is 2. The number of para-hydroxylation sites is 1. The Balaban J connectivity index is 1.86. The highest BCUT2D eigenvalue weighted by Crippen LogP contribution is 2.29. The summed E-state index contributed by atoms with van der Waals surface area (Å²) >= 11 is 5.97. The molecule has 0 fully saturated rings. The van der Waals surface area contributed by atoms with Gasteiger partial charge in [0.25, 0.3) is 5.56 Å². The zero-order chi connectivity index (χ0) is 21.1. The zero-order valence-corrected chi connectivity index (χ0v) is 17.3. The fraction of sp³-hybridized carbons (Fsp3) is 0.130. The average molecular weight is 422 g/mol. The van der Waals surface area contributed by atoms with Crippen LogP contribution in [0.2, 0.25) is 5.02 Å². The maximum atomic E-state index is 13.3. The molecule has 1 N–H and O–H groups in total. The van der Waals surface area contributed by atoms with E-state index < -0.39 is 0 Å². The SMILES string of the molecule is COc1cc(OC)cc(-c2nc3ccccc3c(=O)n2NCc2ccc(Cl)cc2)c1. The highest BCUT2D eigenvalue weighted by molar-refractivity contribution is 6.30. The Hall–Kier alpha value is -3.51. The summed E-state index contributed by atoms with van der Waals surface area (Å²) in [6, 6.07) is 20.1. The lowest BCUT2D eigenvalue weighted by Crippen LogP contribution is -2.31. The number of halogens is 1. The van der Waals surface area contributed by atoms with Gasteiger partial charge in [-0.1, -0.05) is 35.9 Å². The van der Waals surface area contributed by atoms with Gasteiger partial charge in [-0.25, -0.2) is 9.66 Å². The third-order valence-electron chi connectivity index (χ3n) is 4.74. The molecule has 30 heavy (non-hydrogen) atoms. The molecular weight excluding hydrogens is 402 g/mol. The first-order chi connectivity index (χ1) is 14.6. The summed E-state index contributed by atoms with van der Waals surface area (Å²) in [5, 5.41) is 1.19. The van der Waals surface area contributed by atoms with E-state index in [1.165, 1.54) is 4.68 Å². The van der Waals surface area contributed by atoms with E-state index in [0.29, 0.717) is 45.4 Å². The summed E-state index contributed by atoms with van der Waals surface area (Å²) in [5.41, 5.74) is 5.30. The minimum Gasteiger partial charge on any atom is -0.497 e. The van der Waals surface area contributed by atoms with Crippen molar-refractivity contribution in [3.63, 3.8) is 0 Å². The van der Waals surface area contributed by atoms with Crippen molar-refractivity contribution in [1.29, 1.82) is 0 Å². The second-order valence-electron chi connectivity index (χ2n) is 6.66. The minimum atomic E-state index is -0.189. The van der Waals surface area contributed by atoms with Crippen molar-refractivity contribution in [2.75, 3.05) is 19.6 Å².